The van der Waals surface area contributed by atoms with Gasteiger partial charge in [-0.25, -0.2) is 4.68 Å². The van der Waals surface area contributed by atoms with E-state index in [9.17, 15) is 0 Å². The van der Waals surface area contributed by atoms with E-state index in [1.807, 2.05) is 12.1 Å². The molecule has 1 aromatic carbocycles. The highest BCUT2D eigenvalue weighted by Crippen LogP contribution is 2.34. The molecule has 1 aromatic heterocycles. The first-order valence-corrected chi connectivity index (χ1v) is 7.37. The number of hydrogen-bond acceptors (Lipinski definition) is 5. The zero-order chi connectivity index (χ0) is 14.5. The largest absolute Gasteiger partial charge is 0.494 e. The average molecular weight is 403 g/mol. The quantitative estimate of drug-likeness (QED) is 0.752. The van der Waals surface area contributed by atoms with Crippen LogP contribution in [0.25, 0.3) is 0 Å². The highest BCUT2D eigenvalue weighted by molar-refractivity contribution is 9.11. The van der Waals surface area contributed by atoms with Crippen LogP contribution in [0.3, 0.4) is 0 Å². The van der Waals surface area contributed by atoms with E-state index in [1.165, 1.54) is 0 Å². The van der Waals surface area contributed by atoms with Crippen LogP contribution in [-0.4, -0.2) is 27.3 Å². The summed E-state index contributed by atoms with van der Waals surface area (Å²) in [6, 6.07) is 3.97. The zero-order valence-electron chi connectivity index (χ0n) is 10.8. The van der Waals surface area contributed by atoms with Crippen LogP contribution in [0.1, 0.15) is 5.56 Å². The lowest BCUT2D eigenvalue weighted by Gasteiger charge is -2.10. The molecule has 8 heteroatoms. The van der Waals surface area contributed by atoms with Gasteiger partial charge in [-0.3, -0.25) is 0 Å². The van der Waals surface area contributed by atoms with Crippen molar-refractivity contribution in [2.75, 3.05) is 12.4 Å². The van der Waals surface area contributed by atoms with Crippen molar-refractivity contribution in [1.29, 1.82) is 0 Å². The molecule has 6 nitrogen and oxygen atoms in total. The molecule has 2 rings (SSSR count). The molecular weight excluding hydrogens is 390 g/mol. The Bertz CT molecular complexity index is 591. The molecular formula is C12H13Br2N5O. The molecule has 0 amide bonds. The Morgan fingerprint density at radius 1 is 1.40 bits per heavy atom. The van der Waals surface area contributed by atoms with Gasteiger partial charge in [-0.1, -0.05) is 11.2 Å². The van der Waals surface area contributed by atoms with E-state index in [1.54, 1.807) is 17.9 Å². The minimum atomic E-state index is 0.561. The Balaban J connectivity index is 2.11. The third kappa shape index (κ3) is 3.37. The number of nitrogens with one attached hydrogen (secondary N) is 1. The van der Waals surface area contributed by atoms with Crippen LogP contribution in [0.2, 0.25) is 0 Å². The van der Waals surface area contributed by atoms with Gasteiger partial charge in [0.05, 0.1) is 22.6 Å². The Morgan fingerprint density at radius 3 is 2.70 bits per heavy atom. The van der Waals surface area contributed by atoms with Gasteiger partial charge in [-0.15, -0.1) is 6.58 Å². The maximum atomic E-state index is 5.27. The van der Waals surface area contributed by atoms with Gasteiger partial charge >= 0.3 is 0 Å². The first kappa shape index (κ1) is 15.0. The molecule has 0 saturated carbocycles. The fourth-order valence-electron chi connectivity index (χ4n) is 1.67. The van der Waals surface area contributed by atoms with E-state index < -0.39 is 0 Å². The van der Waals surface area contributed by atoms with Crippen LogP contribution in [0.15, 0.2) is 33.7 Å². The van der Waals surface area contributed by atoms with Gasteiger partial charge in [0, 0.05) is 6.54 Å². The maximum Gasteiger partial charge on any atom is 0.243 e. The van der Waals surface area contributed by atoms with Gasteiger partial charge in [0.25, 0.3) is 0 Å². The van der Waals surface area contributed by atoms with Crippen LogP contribution in [0.4, 0.5) is 5.95 Å². The van der Waals surface area contributed by atoms with Gasteiger partial charge in [-0.05, 0) is 60.0 Å². The summed E-state index contributed by atoms with van der Waals surface area (Å²) in [4.78, 5) is 0. The highest BCUT2D eigenvalue weighted by atomic mass is 79.9. The van der Waals surface area contributed by atoms with Crippen LogP contribution >= 0.6 is 31.9 Å². The fraction of sp³-hybridized carbons (Fsp3) is 0.250. The monoisotopic (exact) mass is 401 g/mol. The predicted molar refractivity (Wildman–Crippen MR) is 83.7 cm³/mol. The summed E-state index contributed by atoms with van der Waals surface area (Å²) in [6.07, 6.45) is 1.74. The molecule has 0 radical (unpaired) electrons. The number of methoxy groups -OCH3 is 1. The lowest BCUT2D eigenvalue weighted by molar-refractivity contribution is 0.409. The second kappa shape index (κ2) is 6.85. The molecule has 0 aliphatic carbocycles. The third-order valence-corrected chi connectivity index (χ3v) is 3.72. The smallest absolute Gasteiger partial charge is 0.243 e. The van der Waals surface area contributed by atoms with Crippen molar-refractivity contribution in [3.05, 3.63) is 39.3 Å². The average Bonchev–Trinajstić information content (AvgIpc) is 2.84. The Hall–Kier alpha value is -1.41. The zero-order valence-corrected chi connectivity index (χ0v) is 14.0. The van der Waals surface area contributed by atoms with E-state index in [-0.39, 0.29) is 0 Å². The van der Waals surface area contributed by atoms with Crippen LogP contribution in [-0.2, 0) is 13.1 Å². The lowest BCUT2D eigenvalue weighted by atomic mass is 10.2. The first-order chi connectivity index (χ1) is 9.65. The minimum absolute atomic E-state index is 0.561. The molecule has 20 heavy (non-hydrogen) atoms. The maximum absolute atomic E-state index is 5.27. The van der Waals surface area contributed by atoms with Crippen molar-refractivity contribution in [2.45, 2.75) is 13.1 Å². The summed E-state index contributed by atoms with van der Waals surface area (Å²) >= 11 is 6.95. The molecule has 0 bridgehead atoms. The number of ether oxygens (including phenoxy) is 1. The topological polar surface area (TPSA) is 64.9 Å². The molecule has 106 valence electrons. The number of hydrogen-bond donors (Lipinski definition) is 1. The lowest BCUT2D eigenvalue weighted by Crippen LogP contribution is -2.08. The summed E-state index contributed by atoms with van der Waals surface area (Å²) in [5.74, 6) is 1.37. The molecule has 0 unspecified atom stereocenters. The molecule has 1 N–H and O–H groups in total. The Kier molecular flexibility index (Phi) is 5.13. The number of rotatable bonds is 6. The summed E-state index contributed by atoms with van der Waals surface area (Å²) < 4.78 is 8.68. The minimum Gasteiger partial charge on any atom is -0.494 e. The van der Waals surface area contributed by atoms with E-state index in [2.05, 4.69) is 59.3 Å². The number of aromatic nitrogens is 4. The van der Waals surface area contributed by atoms with Gasteiger partial charge in [0.15, 0.2) is 0 Å². The van der Waals surface area contributed by atoms with Crippen LogP contribution in [0, 0.1) is 0 Å². The van der Waals surface area contributed by atoms with Gasteiger partial charge < -0.3 is 10.1 Å². The van der Waals surface area contributed by atoms with Crippen molar-refractivity contribution in [3.63, 3.8) is 0 Å². The number of benzene rings is 1. The molecule has 0 spiro atoms. The molecule has 1 heterocycles. The van der Waals surface area contributed by atoms with Gasteiger partial charge in [0.1, 0.15) is 5.75 Å². The van der Waals surface area contributed by atoms with Crippen molar-refractivity contribution in [2.24, 2.45) is 0 Å². The third-order valence-electron chi connectivity index (χ3n) is 2.55. The van der Waals surface area contributed by atoms with Crippen molar-refractivity contribution in [1.82, 2.24) is 20.2 Å². The number of halogens is 2. The molecule has 2 aromatic rings. The van der Waals surface area contributed by atoms with Crippen LogP contribution < -0.4 is 10.1 Å². The molecule has 0 saturated heterocycles. The van der Waals surface area contributed by atoms with Crippen molar-refractivity contribution in [3.8, 4) is 5.75 Å². The summed E-state index contributed by atoms with van der Waals surface area (Å²) in [5, 5.41) is 14.6. The molecule has 0 atom stereocenters. The SMILES string of the molecule is C=CCn1nnnc1NCc1cc(Br)c(OC)c(Br)c1. The molecule has 0 aliphatic rings. The standard InChI is InChI=1S/C12H13Br2N5O/c1-3-4-19-12(16-17-18-19)15-7-8-5-9(13)11(20-2)10(14)6-8/h3,5-6H,1,4,7H2,2H3,(H,15,16,18). The summed E-state index contributed by atoms with van der Waals surface area (Å²) in [7, 11) is 1.63. The second-order valence-electron chi connectivity index (χ2n) is 3.92. The van der Waals surface area contributed by atoms with Gasteiger partial charge in [0.2, 0.25) is 5.95 Å². The normalized spacial score (nSPS) is 10.3. The van der Waals surface area contributed by atoms with Crippen molar-refractivity contribution < 1.29 is 4.74 Å². The summed E-state index contributed by atoms with van der Waals surface area (Å²) in [5.41, 5.74) is 1.07. The Labute approximate surface area is 133 Å². The first-order valence-electron chi connectivity index (χ1n) is 5.78. The van der Waals surface area contributed by atoms with E-state index >= 15 is 0 Å². The Morgan fingerprint density at radius 2 is 2.10 bits per heavy atom. The van der Waals surface area contributed by atoms with Crippen LogP contribution in [0.5, 0.6) is 5.75 Å². The van der Waals surface area contributed by atoms with E-state index in [0.29, 0.717) is 19.0 Å². The number of allylic oxidation sites excluding steroid dienone is 1. The highest BCUT2D eigenvalue weighted by Gasteiger charge is 2.09. The summed E-state index contributed by atoms with van der Waals surface area (Å²) in [6.45, 7) is 4.82. The van der Waals surface area contributed by atoms with Gasteiger partial charge in [-0.2, -0.15) is 0 Å². The van der Waals surface area contributed by atoms with E-state index in [4.69, 9.17) is 4.74 Å². The van der Waals surface area contributed by atoms with E-state index in [0.717, 1.165) is 20.3 Å². The predicted octanol–water partition coefficient (Wildman–Crippen LogP) is 3.00. The number of nitrogens with zero attached hydrogens (tertiary/aromatic N) is 4. The number of tetrazole rings is 1. The fourth-order valence-corrected chi connectivity index (χ4v) is 3.27. The molecule has 0 fully saturated rings. The van der Waals surface area contributed by atoms with Crippen molar-refractivity contribution >= 4 is 37.8 Å². The number of anilines is 1. The second-order valence-corrected chi connectivity index (χ2v) is 5.63. The molecule has 0 aliphatic heterocycles.